The summed E-state index contributed by atoms with van der Waals surface area (Å²) < 4.78 is 5.14. The molecule has 1 aromatic carbocycles. The van der Waals surface area contributed by atoms with Crippen LogP contribution in [0.15, 0.2) is 53.1 Å². The lowest BCUT2D eigenvalue weighted by molar-refractivity contribution is -0.120. The number of hydrogen-bond acceptors (Lipinski definition) is 4. The third kappa shape index (κ3) is 6.45. The van der Waals surface area contributed by atoms with E-state index in [0.717, 1.165) is 32.5 Å². The highest BCUT2D eigenvalue weighted by Crippen LogP contribution is 2.13. The third-order valence-corrected chi connectivity index (χ3v) is 4.62. The van der Waals surface area contributed by atoms with Crippen LogP contribution >= 0.6 is 0 Å². The standard InChI is InChI=1S/C20H26N4O3/c25-19(21-13-18-7-4-12-27-18)14-22-20(26)23-17-8-10-24(11-9-17)15-16-5-2-1-3-6-16/h1-7,12,17H,8-11,13-15H2,(H,21,25)(H2,22,23,26). The molecule has 0 spiro atoms. The maximum Gasteiger partial charge on any atom is 0.315 e. The molecule has 2 aromatic rings. The minimum Gasteiger partial charge on any atom is -0.467 e. The van der Waals surface area contributed by atoms with Gasteiger partial charge in [-0.3, -0.25) is 9.69 Å². The summed E-state index contributed by atoms with van der Waals surface area (Å²) in [7, 11) is 0. The summed E-state index contributed by atoms with van der Waals surface area (Å²) in [5.41, 5.74) is 1.31. The highest BCUT2D eigenvalue weighted by Gasteiger charge is 2.20. The number of rotatable bonds is 7. The molecule has 0 unspecified atom stereocenters. The molecule has 1 aliphatic heterocycles. The van der Waals surface area contributed by atoms with Crippen molar-refractivity contribution >= 4 is 11.9 Å². The van der Waals surface area contributed by atoms with Gasteiger partial charge in [0, 0.05) is 25.7 Å². The second kappa shape index (κ2) is 9.78. The molecule has 0 bridgehead atoms. The zero-order chi connectivity index (χ0) is 18.9. The Kier molecular flexibility index (Phi) is 6.87. The van der Waals surface area contributed by atoms with E-state index in [2.05, 4.69) is 45.1 Å². The topological polar surface area (TPSA) is 86.6 Å². The Bertz CT molecular complexity index is 710. The van der Waals surface area contributed by atoms with Crippen molar-refractivity contribution in [2.75, 3.05) is 19.6 Å². The lowest BCUT2D eigenvalue weighted by Gasteiger charge is -2.32. The van der Waals surface area contributed by atoms with Crippen molar-refractivity contribution in [1.82, 2.24) is 20.9 Å². The van der Waals surface area contributed by atoms with E-state index >= 15 is 0 Å². The van der Waals surface area contributed by atoms with Gasteiger partial charge in [-0.2, -0.15) is 0 Å². The molecule has 144 valence electrons. The summed E-state index contributed by atoms with van der Waals surface area (Å²) in [5, 5.41) is 8.25. The summed E-state index contributed by atoms with van der Waals surface area (Å²) in [6.07, 6.45) is 3.37. The molecule has 3 N–H and O–H groups in total. The van der Waals surface area contributed by atoms with Crippen molar-refractivity contribution in [3.8, 4) is 0 Å². The van der Waals surface area contributed by atoms with Crippen LogP contribution in [-0.4, -0.2) is 42.5 Å². The number of nitrogens with zero attached hydrogens (tertiary/aromatic N) is 1. The fraction of sp³-hybridized carbons (Fsp3) is 0.400. The van der Waals surface area contributed by atoms with E-state index in [1.54, 1.807) is 18.4 Å². The van der Waals surface area contributed by atoms with Gasteiger partial charge in [-0.15, -0.1) is 0 Å². The van der Waals surface area contributed by atoms with Crippen LogP contribution in [0.1, 0.15) is 24.2 Å². The number of carbonyl (C=O) groups excluding carboxylic acids is 2. The van der Waals surface area contributed by atoms with E-state index in [0.29, 0.717) is 12.3 Å². The molecule has 1 aromatic heterocycles. The second-order valence-corrected chi connectivity index (χ2v) is 6.72. The summed E-state index contributed by atoms with van der Waals surface area (Å²) >= 11 is 0. The Morgan fingerprint density at radius 1 is 1.04 bits per heavy atom. The van der Waals surface area contributed by atoms with Crippen molar-refractivity contribution < 1.29 is 14.0 Å². The Morgan fingerprint density at radius 2 is 1.81 bits per heavy atom. The molecule has 2 heterocycles. The predicted octanol–water partition coefficient (Wildman–Crippen LogP) is 1.86. The molecule has 3 rings (SSSR count). The molecule has 1 fully saturated rings. The molecule has 7 heteroatoms. The fourth-order valence-corrected chi connectivity index (χ4v) is 3.14. The Labute approximate surface area is 159 Å². The van der Waals surface area contributed by atoms with E-state index in [-0.39, 0.29) is 24.5 Å². The lowest BCUT2D eigenvalue weighted by atomic mass is 10.0. The zero-order valence-electron chi connectivity index (χ0n) is 15.3. The fourth-order valence-electron chi connectivity index (χ4n) is 3.14. The van der Waals surface area contributed by atoms with Crippen LogP contribution in [0.3, 0.4) is 0 Å². The number of furan rings is 1. The maximum absolute atomic E-state index is 12.0. The van der Waals surface area contributed by atoms with Gasteiger partial charge in [-0.05, 0) is 30.5 Å². The van der Waals surface area contributed by atoms with E-state index in [1.165, 1.54) is 5.56 Å². The van der Waals surface area contributed by atoms with Gasteiger partial charge in [0.25, 0.3) is 0 Å². The molecule has 0 saturated carbocycles. The highest BCUT2D eigenvalue weighted by molar-refractivity contribution is 5.83. The highest BCUT2D eigenvalue weighted by atomic mass is 16.3. The van der Waals surface area contributed by atoms with Gasteiger partial charge in [0.2, 0.25) is 5.91 Å². The molecular weight excluding hydrogens is 344 g/mol. The van der Waals surface area contributed by atoms with Crippen molar-refractivity contribution in [1.29, 1.82) is 0 Å². The van der Waals surface area contributed by atoms with Gasteiger partial charge in [0.15, 0.2) is 0 Å². The Morgan fingerprint density at radius 3 is 2.52 bits per heavy atom. The van der Waals surface area contributed by atoms with Crippen molar-refractivity contribution in [2.45, 2.75) is 32.0 Å². The van der Waals surface area contributed by atoms with Crippen molar-refractivity contribution in [3.05, 3.63) is 60.1 Å². The smallest absolute Gasteiger partial charge is 0.315 e. The first kappa shape index (κ1) is 19.0. The van der Waals surface area contributed by atoms with Gasteiger partial charge < -0.3 is 20.4 Å². The van der Waals surface area contributed by atoms with Gasteiger partial charge in [-0.1, -0.05) is 30.3 Å². The van der Waals surface area contributed by atoms with E-state index in [1.807, 2.05) is 6.07 Å². The quantitative estimate of drug-likeness (QED) is 0.694. The second-order valence-electron chi connectivity index (χ2n) is 6.72. The molecular formula is C20H26N4O3. The molecule has 27 heavy (non-hydrogen) atoms. The van der Waals surface area contributed by atoms with Crippen molar-refractivity contribution in [2.24, 2.45) is 0 Å². The number of hydrogen-bond donors (Lipinski definition) is 3. The average Bonchev–Trinajstić information content (AvgIpc) is 3.21. The molecule has 7 nitrogen and oxygen atoms in total. The summed E-state index contributed by atoms with van der Waals surface area (Å²) in [6.45, 7) is 3.09. The van der Waals surface area contributed by atoms with E-state index in [4.69, 9.17) is 4.42 Å². The molecule has 0 atom stereocenters. The van der Waals surface area contributed by atoms with Gasteiger partial charge in [0.05, 0.1) is 19.4 Å². The van der Waals surface area contributed by atoms with Crippen LogP contribution in [0.5, 0.6) is 0 Å². The first-order valence-electron chi connectivity index (χ1n) is 9.29. The first-order chi connectivity index (χ1) is 13.2. The summed E-state index contributed by atoms with van der Waals surface area (Å²) in [4.78, 5) is 26.1. The number of carbonyl (C=O) groups is 2. The van der Waals surface area contributed by atoms with E-state index in [9.17, 15) is 9.59 Å². The minimum absolute atomic E-state index is 0.0562. The average molecular weight is 370 g/mol. The number of amides is 3. The molecule has 1 saturated heterocycles. The molecule has 0 radical (unpaired) electrons. The van der Waals surface area contributed by atoms with Crippen molar-refractivity contribution in [3.63, 3.8) is 0 Å². The van der Waals surface area contributed by atoms with E-state index < -0.39 is 0 Å². The molecule has 0 aliphatic carbocycles. The molecule has 1 aliphatic rings. The van der Waals surface area contributed by atoms with Crippen LogP contribution < -0.4 is 16.0 Å². The largest absolute Gasteiger partial charge is 0.467 e. The van der Waals surface area contributed by atoms with Crippen LogP contribution in [0.2, 0.25) is 0 Å². The zero-order valence-corrected chi connectivity index (χ0v) is 15.3. The number of piperidine rings is 1. The maximum atomic E-state index is 12.0. The van der Waals surface area contributed by atoms with Gasteiger partial charge >= 0.3 is 6.03 Å². The molecule has 3 amide bonds. The normalized spacial score (nSPS) is 15.3. The predicted molar refractivity (Wildman–Crippen MR) is 102 cm³/mol. The number of nitrogens with one attached hydrogen (secondary N) is 3. The van der Waals surface area contributed by atoms with Crippen LogP contribution in [0, 0.1) is 0 Å². The van der Waals surface area contributed by atoms with Crippen LogP contribution in [0.4, 0.5) is 4.79 Å². The Hall–Kier alpha value is -2.80. The monoisotopic (exact) mass is 370 g/mol. The summed E-state index contributed by atoms with van der Waals surface area (Å²) in [5.74, 6) is 0.425. The minimum atomic E-state index is -0.301. The van der Waals surface area contributed by atoms with Crippen LogP contribution in [-0.2, 0) is 17.9 Å². The number of urea groups is 1. The van der Waals surface area contributed by atoms with Gasteiger partial charge in [-0.25, -0.2) is 4.79 Å². The summed E-state index contributed by atoms with van der Waals surface area (Å²) in [6, 6.07) is 13.8. The number of benzene rings is 1. The number of likely N-dealkylation sites (tertiary alicyclic amines) is 1. The van der Waals surface area contributed by atoms with Gasteiger partial charge in [0.1, 0.15) is 5.76 Å². The van der Waals surface area contributed by atoms with Crippen LogP contribution in [0.25, 0.3) is 0 Å². The SMILES string of the molecule is O=C(CNC(=O)NC1CCN(Cc2ccccc2)CC1)NCc1ccco1. The Balaban J connectivity index is 1.29. The lowest BCUT2D eigenvalue weighted by Crippen LogP contribution is -2.49. The first-order valence-corrected chi connectivity index (χ1v) is 9.29. The third-order valence-electron chi connectivity index (χ3n) is 4.62.